The topological polar surface area (TPSA) is 15.7 Å². The third kappa shape index (κ3) is 2.58. The van der Waals surface area contributed by atoms with Gasteiger partial charge in [-0.05, 0) is 53.8 Å². The third-order valence-corrected chi connectivity index (χ3v) is 7.97. The quantitative estimate of drug-likeness (QED) is 0.490. The van der Waals surface area contributed by atoms with Crippen LogP contribution < -0.4 is 4.74 Å². The molecule has 0 amide bonds. The average molecular weight is 443 g/mol. The highest BCUT2D eigenvalue weighted by Gasteiger charge is 2.70. The SMILES string of the molecule is C=C1c2ccccc2C2(CC2)C2(c3ccc(Cl)cc3)N(Cc3ccc(OC)cc3)CCN12. The molecule has 6 rings (SSSR count). The normalized spacial score (nSPS) is 23.2. The minimum Gasteiger partial charge on any atom is -0.497 e. The average Bonchev–Trinajstić information content (AvgIpc) is 3.54. The minimum atomic E-state index is -0.261. The Morgan fingerprint density at radius 2 is 1.66 bits per heavy atom. The zero-order valence-corrected chi connectivity index (χ0v) is 19.1. The first-order chi connectivity index (χ1) is 15.6. The van der Waals surface area contributed by atoms with E-state index in [-0.39, 0.29) is 11.1 Å². The number of hydrogen-bond acceptors (Lipinski definition) is 3. The van der Waals surface area contributed by atoms with Crippen LogP contribution in [0.3, 0.4) is 0 Å². The highest BCUT2D eigenvalue weighted by atomic mass is 35.5. The molecule has 1 unspecified atom stereocenters. The summed E-state index contributed by atoms with van der Waals surface area (Å²) < 4.78 is 5.38. The number of ether oxygens (including phenoxy) is 1. The van der Waals surface area contributed by atoms with E-state index in [2.05, 4.69) is 77.0 Å². The van der Waals surface area contributed by atoms with Crippen molar-refractivity contribution in [2.45, 2.75) is 30.5 Å². The predicted molar refractivity (Wildman–Crippen MR) is 130 cm³/mol. The van der Waals surface area contributed by atoms with E-state index < -0.39 is 0 Å². The zero-order chi connectivity index (χ0) is 21.9. The van der Waals surface area contributed by atoms with Crippen molar-refractivity contribution in [1.82, 2.24) is 9.80 Å². The molecule has 2 heterocycles. The van der Waals surface area contributed by atoms with Gasteiger partial charge in [-0.15, -0.1) is 0 Å². The maximum Gasteiger partial charge on any atom is 0.130 e. The van der Waals surface area contributed by atoms with Crippen LogP contribution in [0.1, 0.15) is 35.1 Å². The Balaban J connectivity index is 1.54. The Bertz CT molecular complexity index is 1180. The molecular formula is C28H27ClN2O. The van der Waals surface area contributed by atoms with Crippen LogP contribution in [-0.2, 0) is 17.6 Å². The first-order valence-electron chi connectivity index (χ1n) is 11.3. The summed E-state index contributed by atoms with van der Waals surface area (Å²) in [5.74, 6) is 0.892. The first-order valence-corrected chi connectivity index (χ1v) is 11.7. The lowest BCUT2D eigenvalue weighted by atomic mass is 9.71. The van der Waals surface area contributed by atoms with Crippen molar-refractivity contribution in [3.63, 3.8) is 0 Å². The van der Waals surface area contributed by atoms with Gasteiger partial charge in [-0.1, -0.05) is 66.7 Å². The van der Waals surface area contributed by atoms with E-state index in [1.54, 1.807) is 7.11 Å². The van der Waals surface area contributed by atoms with Crippen LogP contribution >= 0.6 is 11.6 Å². The van der Waals surface area contributed by atoms with E-state index in [1.807, 2.05) is 12.1 Å². The van der Waals surface area contributed by atoms with Crippen LogP contribution in [0.4, 0.5) is 0 Å². The number of fused-ring (bicyclic) bond motifs is 4. The molecule has 1 saturated heterocycles. The van der Waals surface area contributed by atoms with E-state index in [1.165, 1.54) is 35.1 Å². The second-order valence-electron chi connectivity index (χ2n) is 9.17. The molecule has 32 heavy (non-hydrogen) atoms. The van der Waals surface area contributed by atoms with Crippen molar-refractivity contribution >= 4 is 17.3 Å². The molecule has 1 aliphatic carbocycles. The van der Waals surface area contributed by atoms with E-state index in [0.717, 1.165) is 36.1 Å². The summed E-state index contributed by atoms with van der Waals surface area (Å²) in [6.45, 7) is 7.43. The highest BCUT2D eigenvalue weighted by molar-refractivity contribution is 6.30. The molecule has 3 aromatic rings. The fourth-order valence-electron chi connectivity index (χ4n) is 6.28. The smallest absolute Gasteiger partial charge is 0.130 e. The summed E-state index contributed by atoms with van der Waals surface area (Å²) in [5, 5.41) is 0.774. The van der Waals surface area contributed by atoms with Crippen LogP contribution in [-0.4, -0.2) is 30.0 Å². The molecule has 3 aromatic carbocycles. The maximum absolute atomic E-state index is 6.33. The summed E-state index contributed by atoms with van der Waals surface area (Å²) in [5.41, 5.74) is 6.27. The van der Waals surface area contributed by atoms with Gasteiger partial charge in [0, 0.05) is 41.3 Å². The summed E-state index contributed by atoms with van der Waals surface area (Å²) in [6.07, 6.45) is 2.35. The molecule has 1 atom stereocenters. The molecule has 3 nitrogen and oxygen atoms in total. The van der Waals surface area contributed by atoms with E-state index in [4.69, 9.17) is 16.3 Å². The van der Waals surface area contributed by atoms with Gasteiger partial charge in [0.15, 0.2) is 0 Å². The van der Waals surface area contributed by atoms with Gasteiger partial charge in [-0.3, -0.25) is 4.90 Å². The molecule has 0 N–H and O–H groups in total. The third-order valence-electron chi connectivity index (χ3n) is 7.72. The van der Waals surface area contributed by atoms with Crippen LogP contribution in [0.15, 0.2) is 79.4 Å². The van der Waals surface area contributed by atoms with Gasteiger partial charge >= 0.3 is 0 Å². The van der Waals surface area contributed by atoms with Crippen molar-refractivity contribution < 1.29 is 4.74 Å². The van der Waals surface area contributed by atoms with E-state index in [0.29, 0.717) is 0 Å². The largest absolute Gasteiger partial charge is 0.497 e. The molecule has 162 valence electrons. The second-order valence-corrected chi connectivity index (χ2v) is 9.61. The van der Waals surface area contributed by atoms with Crippen LogP contribution in [0.5, 0.6) is 5.75 Å². The second kappa shape index (κ2) is 7.13. The number of benzene rings is 3. The van der Waals surface area contributed by atoms with Gasteiger partial charge in [0.1, 0.15) is 11.4 Å². The molecule has 4 heteroatoms. The zero-order valence-electron chi connectivity index (χ0n) is 18.4. The lowest BCUT2D eigenvalue weighted by Crippen LogP contribution is -2.60. The molecule has 3 aliphatic rings. The predicted octanol–water partition coefficient (Wildman–Crippen LogP) is 6.04. The van der Waals surface area contributed by atoms with Crippen molar-refractivity contribution in [3.8, 4) is 5.75 Å². The van der Waals surface area contributed by atoms with E-state index in [9.17, 15) is 0 Å². The maximum atomic E-state index is 6.33. The molecule has 0 aromatic heterocycles. The minimum absolute atomic E-state index is 0.0571. The summed E-state index contributed by atoms with van der Waals surface area (Å²) in [7, 11) is 1.71. The van der Waals surface area contributed by atoms with Crippen molar-refractivity contribution in [2.24, 2.45) is 0 Å². The lowest BCUT2D eigenvalue weighted by molar-refractivity contribution is -0.00729. The number of methoxy groups -OCH3 is 1. The fourth-order valence-corrected chi connectivity index (χ4v) is 6.40. The van der Waals surface area contributed by atoms with Crippen molar-refractivity contribution in [3.05, 3.63) is 107 Å². The van der Waals surface area contributed by atoms with Gasteiger partial charge < -0.3 is 9.64 Å². The number of hydrogen-bond donors (Lipinski definition) is 0. The molecule has 2 fully saturated rings. The summed E-state index contributed by atoms with van der Waals surface area (Å²) in [6, 6.07) is 25.9. The van der Waals surface area contributed by atoms with E-state index >= 15 is 0 Å². The van der Waals surface area contributed by atoms with Gasteiger partial charge in [0.25, 0.3) is 0 Å². The number of rotatable bonds is 4. The molecule has 2 aliphatic heterocycles. The molecule has 0 radical (unpaired) electrons. The van der Waals surface area contributed by atoms with Crippen LogP contribution in [0, 0.1) is 0 Å². The molecule has 0 bridgehead atoms. The standard InChI is InChI=1S/C28H27ClN2O/c1-20-25-5-3-4-6-26(25)27(15-16-27)28(22-9-11-23(29)12-10-22)30(17-18-31(20)28)19-21-7-13-24(32-2)14-8-21/h3-14H,1,15-19H2,2H3. The van der Waals surface area contributed by atoms with Gasteiger partial charge in [0.05, 0.1) is 7.11 Å². The Morgan fingerprint density at radius 3 is 2.34 bits per heavy atom. The first kappa shape index (κ1) is 19.9. The highest BCUT2D eigenvalue weighted by Crippen LogP contribution is 2.69. The van der Waals surface area contributed by atoms with Crippen molar-refractivity contribution in [1.29, 1.82) is 0 Å². The Hall–Kier alpha value is -2.75. The fraction of sp³-hybridized carbons (Fsp3) is 0.286. The Labute approximate surface area is 194 Å². The summed E-state index contributed by atoms with van der Waals surface area (Å²) in [4.78, 5) is 5.25. The number of nitrogens with zero attached hydrogens (tertiary/aromatic N) is 2. The van der Waals surface area contributed by atoms with Gasteiger partial charge in [0.2, 0.25) is 0 Å². The summed E-state index contributed by atoms with van der Waals surface area (Å²) >= 11 is 6.33. The Kier molecular flexibility index (Phi) is 4.43. The lowest BCUT2D eigenvalue weighted by Gasteiger charge is -2.55. The molecular weight excluding hydrogens is 416 g/mol. The van der Waals surface area contributed by atoms with Crippen LogP contribution in [0.2, 0.25) is 5.02 Å². The monoisotopic (exact) mass is 442 g/mol. The van der Waals surface area contributed by atoms with Gasteiger partial charge in [-0.2, -0.15) is 0 Å². The number of halogens is 1. The molecule has 1 spiro atoms. The van der Waals surface area contributed by atoms with Crippen LogP contribution in [0.25, 0.3) is 5.70 Å². The van der Waals surface area contributed by atoms with Crippen molar-refractivity contribution in [2.75, 3.05) is 20.2 Å². The Morgan fingerprint density at radius 1 is 0.938 bits per heavy atom. The molecule has 1 saturated carbocycles. The van der Waals surface area contributed by atoms with Gasteiger partial charge in [-0.25, -0.2) is 0 Å².